The fourth-order valence-electron chi connectivity index (χ4n) is 11.3. The van der Waals surface area contributed by atoms with Gasteiger partial charge in [-0.3, -0.25) is 33.3 Å². The third-order valence-corrected chi connectivity index (χ3v) is 18.5. The Morgan fingerprint density at radius 1 is 0.567 bits per heavy atom. The Bertz CT molecular complexity index is 2630. The molecule has 0 saturated carbocycles. The van der Waals surface area contributed by atoms with E-state index in [9.17, 15) is 33.6 Å². The van der Waals surface area contributed by atoms with E-state index in [1.807, 2.05) is 0 Å². The van der Waals surface area contributed by atoms with Gasteiger partial charge in [0.05, 0.1) is 19.1 Å². The van der Waals surface area contributed by atoms with E-state index in [2.05, 4.69) is 72.9 Å². The van der Waals surface area contributed by atoms with Crippen LogP contribution in [0.3, 0.4) is 0 Å². The molecule has 2 aromatic heterocycles. The number of nitrogen functional groups attached to an aromatic ring is 1. The zero-order valence-corrected chi connectivity index (χ0v) is 60.9. The SMILES string of the molecule is CCCCCCCCCCCCCCCC(=O)OCC(CSC[C@H](N)C(=O)NCCCC[C@H](NC(=O)CNC(=O)c1ccc(Cn2c(=O)[nH]c3c(N)nc(NCCCC)nc32)cc1)C(=O)NCCCNCCCCNCCCN)OC(=O)CCCCCCCCCCCCCCC. The first-order chi connectivity index (χ1) is 47.3. The molecule has 1 unspecified atom stereocenters. The van der Waals surface area contributed by atoms with Crippen molar-refractivity contribution in [2.24, 2.45) is 11.5 Å². The predicted octanol–water partition coefficient (Wildman–Crippen LogP) is 10.8. The molecule has 23 nitrogen and oxygen atoms in total. The minimum atomic E-state index is -0.913. The van der Waals surface area contributed by atoms with Gasteiger partial charge in [0.25, 0.3) is 5.91 Å². The number of nitrogens with one attached hydrogen (secondary N) is 8. The van der Waals surface area contributed by atoms with Gasteiger partial charge < -0.3 is 68.9 Å². The Labute approximate surface area is 585 Å². The average Bonchev–Trinajstić information content (AvgIpc) is 1.64. The molecule has 0 aliphatic carbocycles. The lowest BCUT2D eigenvalue weighted by Crippen LogP contribution is -2.49. The summed E-state index contributed by atoms with van der Waals surface area (Å²) in [6.45, 7) is 11.7. The molecule has 3 aromatic rings. The first-order valence-corrected chi connectivity index (χ1v) is 39.0. The standard InChI is InChI=1S/C73H130N14O9S/c1-4-7-10-12-14-16-18-20-22-24-26-28-30-39-64(89)95-55-60(96-65(90)40-31-29-27-25-23-21-19-17-15-13-11-8-5-2)56-97-57-61(75)70(92)79-51-33-32-38-62(71(93)80-52-37-49-78-47-35-34-46-77-48-36-45-74)83-63(88)53-82-69(91)59-43-41-58(42-44-59)54-87-68-66(84-73(87)94)67(76)85-72(86-68)81-50-9-6-3/h41-44,60-62,77-78H,4-40,45-57,74-75H2,1-3H3,(H,79,92)(H,80,93)(H,82,91)(H,83,88)(H,84,94)(H3,76,81,85,86)/t60?,61-,62-/m0/s1. The third kappa shape index (κ3) is 42.0. The van der Waals surface area contributed by atoms with Gasteiger partial charge in [0.2, 0.25) is 23.7 Å². The van der Waals surface area contributed by atoms with E-state index >= 15 is 0 Å². The van der Waals surface area contributed by atoms with Crippen LogP contribution in [0.15, 0.2) is 29.1 Å². The molecule has 0 bridgehead atoms. The summed E-state index contributed by atoms with van der Waals surface area (Å²) in [4.78, 5) is 104. The second kappa shape index (κ2) is 57.0. The molecule has 552 valence electrons. The van der Waals surface area contributed by atoms with Crippen LogP contribution in [0.1, 0.15) is 274 Å². The van der Waals surface area contributed by atoms with Gasteiger partial charge in [0, 0.05) is 49.5 Å². The van der Waals surface area contributed by atoms with Crippen molar-refractivity contribution in [2.75, 3.05) is 88.1 Å². The maximum absolute atomic E-state index is 13.6. The fraction of sp³-hybridized carbons (Fsp3) is 0.767. The number of carbonyl (C=O) groups is 6. The Hall–Kier alpha value is -5.82. The van der Waals surface area contributed by atoms with E-state index < -0.39 is 42.2 Å². The van der Waals surface area contributed by atoms with Crippen molar-refractivity contribution in [3.8, 4) is 0 Å². The first-order valence-electron chi connectivity index (χ1n) is 37.8. The number of rotatable bonds is 64. The number of carbonyl (C=O) groups excluding carboxylic acids is 6. The number of benzene rings is 1. The van der Waals surface area contributed by atoms with Crippen LogP contribution in [0, 0.1) is 0 Å². The Kier molecular flexibility index (Phi) is 50.2. The summed E-state index contributed by atoms with van der Waals surface area (Å²) in [5, 5.41) is 21.3. The van der Waals surface area contributed by atoms with Crippen molar-refractivity contribution in [3.63, 3.8) is 0 Å². The number of fused-ring (bicyclic) bond motifs is 1. The van der Waals surface area contributed by atoms with Crippen LogP contribution in [-0.4, -0.2) is 150 Å². The number of nitrogens with zero attached hydrogens (tertiary/aromatic N) is 3. The van der Waals surface area contributed by atoms with Crippen molar-refractivity contribution < 1.29 is 38.2 Å². The summed E-state index contributed by atoms with van der Waals surface area (Å²) in [5.41, 5.74) is 19.4. The summed E-state index contributed by atoms with van der Waals surface area (Å²) in [6, 6.07) is 4.83. The molecular formula is C73H130N14O9S. The average molecular weight is 1380 g/mol. The molecule has 24 heteroatoms. The zero-order chi connectivity index (χ0) is 70.2. The van der Waals surface area contributed by atoms with Crippen LogP contribution in [0.2, 0.25) is 0 Å². The van der Waals surface area contributed by atoms with Gasteiger partial charge >= 0.3 is 17.6 Å². The quantitative estimate of drug-likeness (QED) is 0.0185. The number of esters is 2. The molecule has 97 heavy (non-hydrogen) atoms. The van der Waals surface area contributed by atoms with Gasteiger partial charge in [-0.2, -0.15) is 21.7 Å². The highest BCUT2D eigenvalue weighted by molar-refractivity contribution is 7.99. The lowest BCUT2D eigenvalue weighted by molar-refractivity contribution is -0.157. The van der Waals surface area contributed by atoms with Crippen molar-refractivity contribution in [1.29, 1.82) is 0 Å². The smallest absolute Gasteiger partial charge is 0.328 e. The first kappa shape index (κ1) is 85.4. The minimum Gasteiger partial charge on any atom is -0.462 e. The molecule has 0 spiro atoms. The molecule has 1 aromatic carbocycles. The van der Waals surface area contributed by atoms with Crippen molar-refractivity contribution in [1.82, 2.24) is 51.4 Å². The highest BCUT2D eigenvalue weighted by atomic mass is 32.2. The number of H-pyrrole nitrogens is 1. The van der Waals surface area contributed by atoms with Crippen LogP contribution < -0.4 is 60.1 Å². The number of ether oxygens (including phenoxy) is 2. The molecule has 0 aliphatic rings. The number of unbranched alkanes of at least 4 members (excludes halogenated alkanes) is 27. The van der Waals surface area contributed by atoms with Crippen molar-refractivity contribution >= 4 is 70.3 Å². The molecule has 3 rings (SSSR count). The van der Waals surface area contributed by atoms with Gasteiger partial charge in [-0.15, -0.1) is 0 Å². The molecule has 14 N–H and O–H groups in total. The summed E-state index contributed by atoms with van der Waals surface area (Å²) in [7, 11) is 0. The van der Waals surface area contributed by atoms with E-state index in [4.69, 9.17) is 26.7 Å². The van der Waals surface area contributed by atoms with Crippen LogP contribution in [0.25, 0.3) is 11.2 Å². The Balaban J connectivity index is 1.49. The number of aromatic nitrogens is 4. The van der Waals surface area contributed by atoms with Crippen LogP contribution >= 0.6 is 11.8 Å². The number of anilines is 2. The van der Waals surface area contributed by atoms with E-state index in [0.717, 1.165) is 90.3 Å². The number of hydrogen-bond acceptors (Lipinski definition) is 18. The number of imidazole rings is 1. The number of thioether (sulfide) groups is 1. The second-order valence-corrected chi connectivity index (χ2v) is 27.2. The maximum atomic E-state index is 13.6. The maximum Gasteiger partial charge on any atom is 0.328 e. The molecule has 0 fully saturated rings. The van der Waals surface area contributed by atoms with Crippen LogP contribution in [0.5, 0.6) is 0 Å². The van der Waals surface area contributed by atoms with Gasteiger partial charge in [-0.05, 0) is 115 Å². The molecular weight excluding hydrogens is 1250 g/mol. The largest absolute Gasteiger partial charge is 0.462 e. The lowest BCUT2D eigenvalue weighted by atomic mass is 10.0. The zero-order valence-electron chi connectivity index (χ0n) is 60.1. The van der Waals surface area contributed by atoms with Crippen molar-refractivity contribution in [3.05, 3.63) is 45.9 Å². The molecule has 0 aliphatic heterocycles. The Morgan fingerprint density at radius 3 is 1.66 bits per heavy atom. The Morgan fingerprint density at radius 2 is 1.08 bits per heavy atom. The van der Waals surface area contributed by atoms with Gasteiger partial charge in [-0.1, -0.05) is 193 Å². The highest BCUT2D eigenvalue weighted by Crippen LogP contribution is 2.20. The van der Waals surface area contributed by atoms with E-state index in [1.165, 1.54) is 145 Å². The number of hydrogen-bond donors (Lipinski definition) is 11. The second-order valence-electron chi connectivity index (χ2n) is 26.1. The molecule has 3 atom stereocenters. The summed E-state index contributed by atoms with van der Waals surface area (Å²) in [6.07, 6.45) is 38.2. The van der Waals surface area contributed by atoms with Crippen molar-refractivity contribution in [2.45, 2.75) is 283 Å². The van der Waals surface area contributed by atoms with E-state index in [1.54, 1.807) is 24.3 Å². The van der Waals surface area contributed by atoms with Crippen LogP contribution in [-0.2, 0) is 40.0 Å². The van der Waals surface area contributed by atoms with E-state index in [-0.39, 0.29) is 67.0 Å². The monoisotopic (exact) mass is 1380 g/mol. The van der Waals surface area contributed by atoms with Gasteiger partial charge in [0.15, 0.2) is 11.5 Å². The number of amides is 4. The summed E-state index contributed by atoms with van der Waals surface area (Å²) in [5.74, 6) is -1.39. The summed E-state index contributed by atoms with van der Waals surface area (Å²) < 4.78 is 13.0. The minimum absolute atomic E-state index is 0.0577. The molecule has 4 amide bonds. The van der Waals surface area contributed by atoms with Crippen LogP contribution in [0.4, 0.5) is 11.8 Å². The predicted molar refractivity (Wildman–Crippen MR) is 396 cm³/mol. The number of nitrogens with two attached hydrogens (primary N) is 3. The highest BCUT2D eigenvalue weighted by Gasteiger charge is 2.23. The molecule has 0 radical (unpaired) electrons. The normalized spacial score (nSPS) is 12.3. The van der Waals surface area contributed by atoms with Gasteiger partial charge in [0.1, 0.15) is 24.3 Å². The lowest BCUT2D eigenvalue weighted by Gasteiger charge is -2.20. The van der Waals surface area contributed by atoms with E-state index in [0.29, 0.717) is 86.7 Å². The molecule has 0 saturated heterocycles. The molecule has 2 heterocycles. The van der Waals surface area contributed by atoms with Gasteiger partial charge in [-0.25, -0.2) is 4.79 Å². The third-order valence-electron chi connectivity index (χ3n) is 17.3. The topological polar surface area (TPSA) is 347 Å². The fourth-order valence-corrected chi connectivity index (χ4v) is 12.3. The number of aromatic amines is 1. The summed E-state index contributed by atoms with van der Waals surface area (Å²) >= 11 is 1.36.